The number of nitriles is 1. The summed E-state index contributed by atoms with van der Waals surface area (Å²) in [7, 11) is -5.60. The maximum absolute atomic E-state index is 12.6. The highest BCUT2D eigenvalue weighted by molar-refractivity contribution is 9.10. The summed E-state index contributed by atoms with van der Waals surface area (Å²) in [5.41, 5.74) is -5.93. The molecule has 0 aliphatic rings. The minimum absolute atomic E-state index is 0.0359. The van der Waals surface area contributed by atoms with E-state index in [1.807, 2.05) is 0 Å². The van der Waals surface area contributed by atoms with E-state index in [-0.39, 0.29) is 9.64 Å². The fourth-order valence-corrected chi connectivity index (χ4v) is 2.96. The Kier molecular flexibility index (Phi) is 5.71. The highest BCUT2D eigenvalue weighted by Gasteiger charge is 2.47. The van der Waals surface area contributed by atoms with Crippen molar-refractivity contribution in [2.75, 3.05) is 6.26 Å². The van der Waals surface area contributed by atoms with E-state index in [4.69, 9.17) is 5.26 Å². The molecule has 0 bridgehead atoms. The van der Waals surface area contributed by atoms with Gasteiger partial charge in [-0.05, 0) is 34.3 Å². The molecule has 12 heteroatoms. The van der Waals surface area contributed by atoms with Crippen LogP contribution in [0.1, 0.15) is 0 Å². The molecule has 1 aromatic rings. The smallest absolute Gasteiger partial charge is 0.501 e. The summed E-state index contributed by atoms with van der Waals surface area (Å²) >= 11 is 3.70. The maximum atomic E-state index is 12.6. The van der Waals surface area contributed by atoms with Crippen LogP contribution in [-0.2, 0) is 9.84 Å². The van der Waals surface area contributed by atoms with Crippen LogP contribution in [0, 0.1) is 11.5 Å². The molecule has 0 saturated carbocycles. The summed E-state index contributed by atoms with van der Waals surface area (Å²) in [5, 5.41) is 20.3. The Balaban J connectivity index is 3.55. The number of nitrogens with zero attached hydrogens (tertiary/aromatic N) is 2. The van der Waals surface area contributed by atoms with Crippen LogP contribution >= 0.6 is 27.7 Å². The van der Waals surface area contributed by atoms with Crippen molar-refractivity contribution in [1.82, 2.24) is 5.32 Å². The SMILES string of the molecule is CSC(=Nc1cc(S(=O)(=O)C(F)(F)F)cc(Br)c1O)NC#N. The first kappa shape index (κ1) is 18.6. The van der Waals surface area contributed by atoms with E-state index >= 15 is 0 Å². The van der Waals surface area contributed by atoms with E-state index in [0.29, 0.717) is 12.1 Å². The summed E-state index contributed by atoms with van der Waals surface area (Å²) < 4.78 is 60.2. The van der Waals surface area contributed by atoms with Crippen LogP contribution in [0.2, 0.25) is 0 Å². The first-order valence-electron chi connectivity index (χ1n) is 5.16. The third kappa shape index (κ3) is 3.84. The molecular weight excluding hydrogens is 411 g/mol. The van der Waals surface area contributed by atoms with Crippen molar-refractivity contribution < 1.29 is 26.7 Å². The Morgan fingerprint density at radius 2 is 2.09 bits per heavy atom. The van der Waals surface area contributed by atoms with Crippen molar-refractivity contribution in [2.24, 2.45) is 4.99 Å². The molecule has 0 aliphatic carbocycles. The van der Waals surface area contributed by atoms with Gasteiger partial charge in [0.1, 0.15) is 5.69 Å². The number of sulfone groups is 1. The second-order valence-electron chi connectivity index (χ2n) is 3.58. The number of hydrogen-bond donors (Lipinski definition) is 2. The van der Waals surface area contributed by atoms with Gasteiger partial charge in [-0.25, -0.2) is 13.4 Å². The molecule has 0 fully saturated rings. The number of phenols is 1. The van der Waals surface area contributed by atoms with Crippen molar-refractivity contribution in [2.45, 2.75) is 10.4 Å². The predicted molar refractivity (Wildman–Crippen MR) is 78.4 cm³/mol. The van der Waals surface area contributed by atoms with Crippen molar-refractivity contribution in [1.29, 1.82) is 5.26 Å². The molecule has 0 spiro atoms. The molecule has 0 radical (unpaired) electrons. The molecule has 1 aromatic carbocycles. The van der Waals surface area contributed by atoms with Gasteiger partial charge in [-0.1, -0.05) is 11.8 Å². The van der Waals surface area contributed by atoms with E-state index in [2.05, 4.69) is 26.2 Å². The number of benzene rings is 1. The minimum Gasteiger partial charge on any atom is -0.505 e. The van der Waals surface area contributed by atoms with E-state index in [1.165, 1.54) is 6.26 Å². The topological polar surface area (TPSA) is 103 Å². The lowest BCUT2D eigenvalue weighted by atomic mass is 10.3. The molecule has 2 N–H and O–H groups in total. The molecule has 6 nitrogen and oxygen atoms in total. The van der Waals surface area contributed by atoms with Crippen molar-refractivity contribution >= 4 is 48.4 Å². The number of aliphatic imine (C=N–C) groups is 1. The summed E-state index contributed by atoms with van der Waals surface area (Å²) in [6, 6.07) is 1.19. The van der Waals surface area contributed by atoms with Crippen LogP contribution in [-0.4, -0.2) is 30.5 Å². The fourth-order valence-electron chi connectivity index (χ4n) is 1.22. The monoisotopic (exact) mass is 417 g/mol. The lowest BCUT2D eigenvalue weighted by Crippen LogP contribution is -2.23. The second kappa shape index (κ2) is 6.76. The number of nitrogens with one attached hydrogen (secondary N) is 1. The van der Waals surface area contributed by atoms with Gasteiger partial charge in [-0.3, -0.25) is 5.32 Å². The predicted octanol–water partition coefficient (Wildman–Crippen LogP) is 2.87. The lowest BCUT2D eigenvalue weighted by Gasteiger charge is -2.11. The zero-order valence-electron chi connectivity index (χ0n) is 10.6. The summed E-state index contributed by atoms with van der Waals surface area (Å²) in [4.78, 5) is 2.64. The Morgan fingerprint density at radius 3 is 2.55 bits per heavy atom. The number of alkyl halides is 3. The van der Waals surface area contributed by atoms with Crippen molar-refractivity contribution in [3.8, 4) is 11.9 Å². The normalized spacial score (nSPS) is 12.8. The number of rotatable bonds is 2. The molecule has 0 aromatic heterocycles. The average molecular weight is 418 g/mol. The van der Waals surface area contributed by atoms with E-state index in [0.717, 1.165) is 11.8 Å². The maximum Gasteiger partial charge on any atom is 0.501 e. The average Bonchev–Trinajstić information content (AvgIpc) is 2.41. The zero-order valence-corrected chi connectivity index (χ0v) is 13.9. The molecule has 0 atom stereocenters. The van der Waals surface area contributed by atoms with Crippen LogP contribution in [0.15, 0.2) is 26.5 Å². The van der Waals surface area contributed by atoms with Gasteiger partial charge < -0.3 is 5.11 Å². The van der Waals surface area contributed by atoms with Gasteiger partial charge in [0, 0.05) is 0 Å². The van der Waals surface area contributed by atoms with E-state index in [1.54, 1.807) is 6.19 Å². The Hall–Kier alpha value is -1.45. The number of thioether (sulfide) groups is 1. The fraction of sp³-hybridized carbons (Fsp3) is 0.200. The van der Waals surface area contributed by atoms with Gasteiger partial charge in [0.15, 0.2) is 17.1 Å². The Morgan fingerprint density at radius 1 is 1.50 bits per heavy atom. The number of hydrogen-bond acceptors (Lipinski definition) is 6. The summed E-state index contributed by atoms with van der Waals surface area (Å²) in [6.45, 7) is 0. The van der Waals surface area contributed by atoms with Gasteiger partial charge in [-0.2, -0.15) is 18.4 Å². The first-order valence-corrected chi connectivity index (χ1v) is 8.66. The van der Waals surface area contributed by atoms with Crippen LogP contribution in [0.4, 0.5) is 18.9 Å². The molecule has 0 heterocycles. The Bertz CT molecular complexity index is 757. The number of amidine groups is 1. The van der Waals surface area contributed by atoms with Gasteiger partial charge in [0.25, 0.3) is 9.84 Å². The molecule has 120 valence electrons. The van der Waals surface area contributed by atoms with Crippen molar-refractivity contribution in [3.63, 3.8) is 0 Å². The third-order valence-electron chi connectivity index (χ3n) is 2.21. The van der Waals surface area contributed by atoms with Crippen LogP contribution in [0.5, 0.6) is 5.75 Å². The Labute approximate surface area is 136 Å². The molecule has 0 amide bonds. The van der Waals surface area contributed by atoms with Gasteiger partial charge in [0.05, 0.1) is 9.37 Å². The molecule has 0 unspecified atom stereocenters. The van der Waals surface area contributed by atoms with Crippen LogP contribution in [0.3, 0.4) is 0 Å². The quantitative estimate of drug-likeness (QED) is 0.332. The minimum atomic E-state index is -5.60. The highest BCUT2D eigenvalue weighted by atomic mass is 79.9. The highest BCUT2D eigenvalue weighted by Crippen LogP contribution is 2.40. The van der Waals surface area contributed by atoms with Gasteiger partial charge >= 0.3 is 5.51 Å². The summed E-state index contributed by atoms with van der Waals surface area (Å²) in [6.07, 6.45) is 3.07. The van der Waals surface area contributed by atoms with E-state index < -0.39 is 31.7 Å². The molecule has 1 rings (SSSR count). The molecular formula is C10H7BrF3N3O3S2. The summed E-state index contributed by atoms with van der Waals surface area (Å²) in [5.74, 6) is -0.563. The van der Waals surface area contributed by atoms with Crippen LogP contribution < -0.4 is 5.32 Å². The first-order chi connectivity index (χ1) is 10.0. The molecule has 22 heavy (non-hydrogen) atoms. The largest absolute Gasteiger partial charge is 0.505 e. The lowest BCUT2D eigenvalue weighted by molar-refractivity contribution is -0.0436. The second-order valence-corrected chi connectivity index (χ2v) is 7.17. The van der Waals surface area contributed by atoms with Crippen LogP contribution in [0.25, 0.3) is 0 Å². The molecule has 0 aliphatic heterocycles. The third-order valence-corrected chi connectivity index (χ3v) is 4.86. The van der Waals surface area contributed by atoms with Crippen molar-refractivity contribution in [3.05, 3.63) is 16.6 Å². The van der Waals surface area contributed by atoms with E-state index in [9.17, 15) is 26.7 Å². The number of phenolic OH excluding ortho intramolecular Hbond substituents is 1. The van der Waals surface area contributed by atoms with Gasteiger partial charge in [-0.15, -0.1) is 0 Å². The van der Waals surface area contributed by atoms with Gasteiger partial charge in [0.2, 0.25) is 0 Å². The molecule has 0 saturated heterocycles. The number of aromatic hydroxyl groups is 1. The number of halogens is 4. The standard InChI is InChI=1S/C10H7BrF3N3O3S2/c1-21-9(16-4-15)17-7-3-5(2-6(11)8(7)18)22(19,20)10(12,13)14/h2-3,18H,1H3,(H,16,17). The zero-order chi connectivity index (χ0) is 17.1.